The lowest BCUT2D eigenvalue weighted by Gasteiger charge is -2.19. The minimum Gasteiger partial charge on any atom is -0.321 e. The second kappa shape index (κ2) is 7.99. The predicted octanol–water partition coefficient (Wildman–Crippen LogP) is 4.48. The molecule has 25 heavy (non-hydrogen) atoms. The molecule has 2 aromatic carbocycles. The molecule has 0 unspecified atom stereocenters. The quantitative estimate of drug-likeness (QED) is 0.793. The fourth-order valence-corrected chi connectivity index (χ4v) is 2.12. The van der Waals surface area contributed by atoms with Gasteiger partial charge in [0.1, 0.15) is 5.70 Å². The number of para-hydroxylation sites is 1. The summed E-state index contributed by atoms with van der Waals surface area (Å²) in [7, 11) is 0. The molecular formula is C20H21ClN2O2. The monoisotopic (exact) mass is 356 g/mol. The lowest BCUT2D eigenvalue weighted by molar-refractivity contribution is -0.128. The maximum Gasteiger partial charge on any atom is 0.272 e. The predicted molar refractivity (Wildman–Crippen MR) is 102 cm³/mol. The highest BCUT2D eigenvalue weighted by Gasteiger charge is 2.24. The number of carbonyl (C=O) groups is 2. The minimum atomic E-state index is -0.625. The molecule has 0 aliphatic rings. The van der Waals surface area contributed by atoms with Crippen molar-refractivity contribution in [3.05, 3.63) is 70.9 Å². The molecule has 2 N–H and O–H groups in total. The third-order valence-electron chi connectivity index (χ3n) is 3.41. The van der Waals surface area contributed by atoms with E-state index < -0.39 is 11.3 Å². The Morgan fingerprint density at radius 2 is 1.56 bits per heavy atom. The Bertz CT molecular complexity index is 793. The molecule has 0 saturated heterocycles. The molecule has 0 aromatic heterocycles. The average Bonchev–Trinajstić information content (AvgIpc) is 2.56. The van der Waals surface area contributed by atoms with Crippen molar-refractivity contribution in [1.29, 1.82) is 0 Å². The van der Waals surface area contributed by atoms with E-state index in [4.69, 9.17) is 11.6 Å². The summed E-state index contributed by atoms with van der Waals surface area (Å²) in [5.41, 5.74) is 0.825. The summed E-state index contributed by atoms with van der Waals surface area (Å²) in [4.78, 5) is 25.0. The minimum absolute atomic E-state index is 0.158. The third kappa shape index (κ3) is 5.47. The summed E-state index contributed by atoms with van der Waals surface area (Å²) in [5.74, 6) is -0.682. The van der Waals surface area contributed by atoms with Crippen LogP contribution in [0.2, 0.25) is 5.02 Å². The Labute approximate surface area is 152 Å². The second-order valence-corrected chi connectivity index (χ2v) is 7.01. The topological polar surface area (TPSA) is 58.2 Å². The Hall–Kier alpha value is -2.59. The summed E-state index contributed by atoms with van der Waals surface area (Å²) in [6.45, 7) is 5.36. The summed E-state index contributed by atoms with van der Waals surface area (Å²) in [5, 5.41) is 5.87. The van der Waals surface area contributed by atoms with Crippen LogP contribution in [0, 0.1) is 5.41 Å². The molecule has 0 aliphatic carbocycles. The first-order chi connectivity index (χ1) is 11.8. The van der Waals surface area contributed by atoms with E-state index in [0.29, 0.717) is 10.7 Å². The van der Waals surface area contributed by atoms with Gasteiger partial charge in [-0.1, -0.05) is 74.8 Å². The zero-order valence-corrected chi connectivity index (χ0v) is 15.2. The molecule has 0 aliphatic heterocycles. The van der Waals surface area contributed by atoms with Gasteiger partial charge in [0.05, 0.1) is 10.7 Å². The number of amides is 2. The van der Waals surface area contributed by atoms with Crippen molar-refractivity contribution in [2.75, 3.05) is 5.32 Å². The Morgan fingerprint density at radius 3 is 2.16 bits per heavy atom. The van der Waals surface area contributed by atoms with Crippen LogP contribution in [0.5, 0.6) is 0 Å². The van der Waals surface area contributed by atoms with Gasteiger partial charge in [0.15, 0.2) is 0 Å². The smallest absolute Gasteiger partial charge is 0.272 e. The van der Waals surface area contributed by atoms with Crippen molar-refractivity contribution in [3.8, 4) is 0 Å². The zero-order valence-electron chi connectivity index (χ0n) is 14.5. The maximum absolute atomic E-state index is 12.7. The Balaban J connectivity index is 2.30. The van der Waals surface area contributed by atoms with Crippen LogP contribution in [0.3, 0.4) is 0 Å². The van der Waals surface area contributed by atoms with Crippen molar-refractivity contribution in [2.24, 2.45) is 5.41 Å². The summed E-state index contributed by atoms with van der Waals surface area (Å²) < 4.78 is 0. The van der Waals surface area contributed by atoms with E-state index >= 15 is 0 Å². The van der Waals surface area contributed by atoms with Gasteiger partial charge < -0.3 is 10.6 Å². The molecule has 5 heteroatoms. The van der Waals surface area contributed by atoms with E-state index in [9.17, 15) is 9.59 Å². The average molecular weight is 357 g/mol. The molecule has 130 valence electrons. The number of rotatable bonds is 4. The van der Waals surface area contributed by atoms with E-state index in [1.54, 1.807) is 51.1 Å². The van der Waals surface area contributed by atoms with Crippen LogP contribution in [-0.2, 0) is 9.59 Å². The van der Waals surface area contributed by atoms with Gasteiger partial charge >= 0.3 is 0 Å². The highest BCUT2D eigenvalue weighted by Crippen LogP contribution is 2.21. The van der Waals surface area contributed by atoms with Crippen LogP contribution in [0.15, 0.2) is 60.3 Å². The van der Waals surface area contributed by atoms with Crippen molar-refractivity contribution in [3.63, 3.8) is 0 Å². The fourth-order valence-electron chi connectivity index (χ4n) is 1.94. The molecule has 0 saturated carbocycles. The SMILES string of the molecule is CC(C)(C)C(=O)N/C(=C/c1ccccc1)C(=O)Nc1ccccc1Cl. The zero-order chi connectivity index (χ0) is 18.4. The fraction of sp³-hybridized carbons (Fsp3) is 0.200. The molecule has 0 radical (unpaired) electrons. The van der Waals surface area contributed by atoms with Crippen molar-refractivity contribution < 1.29 is 9.59 Å². The normalized spacial score (nSPS) is 11.8. The van der Waals surface area contributed by atoms with E-state index in [0.717, 1.165) is 5.56 Å². The molecule has 0 atom stereocenters. The number of anilines is 1. The molecule has 0 spiro atoms. The largest absolute Gasteiger partial charge is 0.321 e. The van der Waals surface area contributed by atoms with Gasteiger partial charge in [-0.05, 0) is 23.8 Å². The van der Waals surface area contributed by atoms with Gasteiger partial charge in [-0.2, -0.15) is 0 Å². The Kier molecular flexibility index (Phi) is 5.99. The van der Waals surface area contributed by atoms with Crippen LogP contribution in [0.1, 0.15) is 26.3 Å². The molecule has 0 heterocycles. The van der Waals surface area contributed by atoms with Gasteiger partial charge in [0.2, 0.25) is 5.91 Å². The molecule has 0 bridgehead atoms. The first-order valence-corrected chi connectivity index (χ1v) is 8.29. The number of halogens is 1. The number of hydrogen-bond acceptors (Lipinski definition) is 2. The van der Waals surface area contributed by atoms with Crippen LogP contribution >= 0.6 is 11.6 Å². The second-order valence-electron chi connectivity index (χ2n) is 6.61. The first-order valence-electron chi connectivity index (χ1n) is 7.91. The van der Waals surface area contributed by atoms with Gasteiger partial charge in [-0.25, -0.2) is 0 Å². The lowest BCUT2D eigenvalue weighted by atomic mass is 9.95. The van der Waals surface area contributed by atoms with Gasteiger partial charge in [0, 0.05) is 5.41 Å². The van der Waals surface area contributed by atoms with Crippen LogP contribution < -0.4 is 10.6 Å². The number of nitrogens with one attached hydrogen (secondary N) is 2. The maximum atomic E-state index is 12.7. The molecule has 2 rings (SSSR count). The van der Waals surface area contributed by atoms with Crippen LogP contribution in [0.25, 0.3) is 6.08 Å². The van der Waals surface area contributed by atoms with Crippen molar-refractivity contribution in [2.45, 2.75) is 20.8 Å². The molecule has 2 aromatic rings. The summed E-state index contributed by atoms with van der Waals surface area (Å²) >= 11 is 6.09. The molecular weight excluding hydrogens is 336 g/mol. The standard InChI is InChI=1S/C20H21ClN2O2/c1-20(2,3)19(25)23-17(13-14-9-5-4-6-10-14)18(24)22-16-12-8-7-11-15(16)21/h4-13H,1-3H3,(H,22,24)(H,23,25)/b17-13+. The van der Waals surface area contributed by atoms with Gasteiger partial charge in [-0.3, -0.25) is 9.59 Å². The van der Waals surface area contributed by atoms with Gasteiger partial charge in [-0.15, -0.1) is 0 Å². The van der Waals surface area contributed by atoms with E-state index in [2.05, 4.69) is 10.6 Å². The summed E-state index contributed by atoms with van der Waals surface area (Å²) in [6, 6.07) is 16.3. The number of carbonyl (C=O) groups excluding carboxylic acids is 2. The van der Waals surface area contributed by atoms with Crippen molar-refractivity contribution in [1.82, 2.24) is 5.32 Å². The van der Waals surface area contributed by atoms with E-state index in [1.165, 1.54) is 0 Å². The first kappa shape index (κ1) is 18.7. The molecule has 2 amide bonds. The van der Waals surface area contributed by atoms with Crippen LogP contribution in [-0.4, -0.2) is 11.8 Å². The van der Waals surface area contributed by atoms with Crippen LogP contribution in [0.4, 0.5) is 5.69 Å². The summed E-state index contributed by atoms with van der Waals surface area (Å²) in [6.07, 6.45) is 1.63. The third-order valence-corrected chi connectivity index (χ3v) is 3.74. The lowest BCUT2D eigenvalue weighted by Crippen LogP contribution is -2.38. The van der Waals surface area contributed by atoms with Gasteiger partial charge in [0.25, 0.3) is 5.91 Å². The Morgan fingerprint density at radius 1 is 0.960 bits per heavy atom. The number of hydrogen-bond donors (Lipinski definition) is 2. The van der Waals surface area contributed by atoms with E-state index in [1.807, 2.05) is 30.3 Å². The highest BCUT2D eigenvalue weighted by molar-refractivity contribution is 6.34. The highest BCUT2D eigenvalue weighted by atomic mass is 35.5. The molecule has 4 nitrogen and oxygen atoms in total. The van der Waals surface area contributed by atoms with E-state index in [-0.39, 0.29) is 11.6 Å². The molecule has 0 fully saturated rings. The number of benzene rings is 2. The van der Waals surface area contributed by atoms with Crippen molar-refractivity contribution >= 4 is 35.2 Å².